The number of nitrogens with one attached hydrogen (secondary N) is 1. The van der Waals surface area contributed by atoms with Gasteiger partial charge in [0.25, 0.3) is 5.91 Å². The molecule has 2 aromatic carbocycles. The molecule has 1 heterocycles. The zero-order chi connectivity index (χ0) is 19.7. The third-order valence-electron chi connectivity index (χ3n) is 3.70. The summed E-state index contributed by atoms with van der Waals surface area (Å²) >= 11 is 12.8. The highest BCUT2D eigenvalue weighted by Crippen LogP contribution is 2.34. The Bertz CT molecular complexity index is 1120. The summed E-state index contributed by atoms with van der Waals surface area (Å²) in [5.74, 6) is -2.69. The van der Waals surface area contributed by atoms with Crippen LogP contribution < -0.4 is 10.1 Å². The molecule has 0 fully saturated rings. The number of fused-ring (bicyclic) bond motifs is 1. The fraction of sp³-hybridized carbons (Fsp3) is 0.0556. The maximum absolute atomic E-state index is 12.3. The lowest BCUT2D eigenvalue weighted by Crippen LogP contribution is -2.32. The van der Waals surface area contributed by atoms with Gasteiger partial charge in [-0.25, -0.2) is 0 Å². The third-order valence-corrected chi connectivity index (χ3v) is 5.09. The number of benzene rings is 2. The smallest absolute Gasteiger partial charge is 0.322 e. The molecular weight excluding hydrogens is 413 g/mol. The van der Waals surface area contributed by atoms with E-state index in [0.29, 0.717) is 20.1 Å². The van der Waals surface area contributed by atoms with Gasteiger partial charge in [0.05, 0.1) is 0 Å². The third kappa shape index (κ3) is 4.05. The zero-order valence-corrected chi connectivity index (χ0v) is 15.8. The zero-order valence-electron chi connectivity index (χ0n) is 13.5. The van der Waals surface area contributed by atoms with Crippen molar-refractivity contribution in [2.75, 3.05) is 6.54 Å². The second-order valence-electron chi connectivity index (χ2n) is 5.56. The first kappa shape index (κ1) is 19.2. The normalized spacial score (nSPS) is 10.7. The first-order valence-corrected chi connectivity index (χ1v) is 9.10. The highest BCUT2D eigenvalue weighted by atomic mass is 35.5. The molecule has 0 spiro atoms. The van der Waals surface area contributed by atoms with Crippen LogP contribution in [-0.4, -0.2) is 28.6 Å². The van der Waals surface area contributed by atoms with Gasteiger partial charge in [-0.15, -0.1) is 0 Å². The maximum Gasteiger partial charge on any atom is 0.322 e. The molecule has 0 saturated carbocycles. The van der Waals surface area contributed by atoms with Crippen LogP contribution in [0.3, 0.4) is 0 Å². The van der Waals surface area contributed by atoms with E-state index < -0.39 is 34.5 Å². The van der Waals surface area contributed by atoms with Crippen molar-refractivity contribution in [2.24, 2.45) is 0 Å². The molecule has 0 radical (unpaired) electrons. The Labute approximate surface area is 166 Å². The second-order valence-corrected chi connectivity index (χ2v) is 7.45. The molecule has 3 N–H and O–H groups in total. The molecule has 0 unspecified atom stereocenters. The van der Waals surface area contributed by atoms with Gasteiger partial charge in [0.1, 0.15) is 17.9 Å². The fourth-order valence-corrected chi connectivity index (χ4v) is 4.01. The van der Waals surface area contributed by atoms with Crippen molar-refractivity contribution >= 4 is 56.5 Å². The van der Waals surface area contributed by atoms with Crippen molar-refractivity contribution in [3.8, 4) is 16.9 Å². The van der Waals surface area contributed by atoms with Crippen LogP contribution in [0.5, 0.6) is 5.75 Å². The Kier molecular flexibility index (Phi) is 5.36. The molecule has 3 aromatic rings. The van der Waals surface area contributed by atoms with Gasteiger partial charge in [0.2, 0.25) is 4.74 Å². The van der Waals surface area contributed by atoms with E-state index in [1.165, 1.54) is 0 Å². The van der Waals surface area contributed by atoms with Crippen LogP contribution in [0, 0.1) is 0 Å². The standard InChI is InChI=1S/C18H11Cl2NO5S/c19-10-3-9(4-11(20)6-10)8-1-2-12-13(5-8)27-18(26)15(16(12)24)17(25)21-7-14(22)23/h1-6,24H,7H2,(H,21,25)(H,22,23). The molecule has 3 rings (SSSR count). The summed E-state index contributed by atoms with van der Waals surface area (Å²) in [6.45, 7) is -0.658. The summed E-state index contributed by atoms with van der Waals surface area (Å²) in [6, 6.07) is 9.97. The molecule has 9 heteroatoms. The monoisotopic (exact) mass is 423 g/mol. The number of carbonyl (C=O) groups excluding carboxylic acids is 1. The fourth-order valence-electron chi connectivity index (χ4n) is 2.53. The number of carbonyl (C=O) groups is 2. The van der Waals surface area contributed by atoms with Gasteiger partial charge < -0.3 is 15.5 Å². The lowest BCUT2D eigenvalue weighted by atomic mass is 10.0. The molecule has 0 atom stereocenters. The number of rotatable bonds is 4. The Hall–Kier alpha value is -2.61. The highest BCUT2D eigenvalue weighted by molar-refractivity contribution is 7.16. The minimum atomic E-state index is -1.26. The number of amides is 1. The predicted octanol–water partition coefficient (Wildman–Crippen LogP) is 3.76. The largest absolute Gasteiger partial charge is 0.506 e. The van der Waals surface area contributed by atoms with Crippen molar-refractivity contribution < 1.29 is 19.8 Å². The average molecular weight is 424 g/mol. The number of halogens is 2. The number of aromatic hydroxyl groups is 1. The van der Waals surface area contributed by atoms with Crippen molar-refractivity contribution in [2.45, 2.75) is 0 Å². The van der Waals surface area contributed by atoms with E-state index >= 15 is 0 Å². The Morgan fingerprint density at radius 2 is 1.70 bits per heavy atom. The molecule has 0 aliphatic carbocycles. The van der Waals surface area contributed by atoms with E-state index in [4.69, 9.17) is 28.3 Å². The summed E-state index contributed by atoms with van der Waals surface area (Å²) in [7, 11) is 0. The molecule has 1 amide bonds. The van der Waals surface area contributed by atoms with E-state index in [1.807, 2.05) is 0 Å². The average Bonchev–Trinajstić information content (AvgIpc) is 2.58. The molecule has 6 nitrogen and oxygen atoms in total. The molecule has 0 aliphatic rings. The Morgan fingerprint density at radius 1 is 1.04 bits per heavy atom. The van der Waals surface area contributed by atoms with E-state index in [0.717, 1.165) is 22.5 Å². The number of hydrogen-bond donors (Lipinski definition) is 3. The maximum atomic E-state index is 12.3. The van der Waals surface area contributed by atoms with E-state index in [1.54, 1.807) is 36.4 Å². The van der Waals surface area contributed by atoms with Crippen molar-refractivity contribution in [1.82, 2.24) is 5.32 Å². The molecule has 0 aliphatic heterocycles. The number of carboxylic acid groups (broad SMARTS) is 1. The van der Waals surface area contributed by atoms with Gasteiger partial charge in [0.15, 0.2) is 0 Å². The van der Waals surface area contributed by atoms with Gasteiger partial charge in [-0.1, -0.05) is 40.6 Å². The summed E-state index contributed by atoms with van der Waals surface area (Å²) in [5, 5.41) is 22.3. The van der Waals surface area contributed by atoms with Crippen LogP contribution in [-0.2, 0) is 4.79 Å². The van der Waals surface area contributed by atoms with Crippen LogP contribution in [0.4, 0.5) is 0 Å². The van der Waals surface area contributed by atoms with Crippen LogP contribution >= 0.6 is 34.5 Å². The molecule has 1 aromatic heterocycles. The van der Waals surface area contributed by atoms with E-state index in [-0.39, 0.29) is 0 Å². The SMILES string of the molecule is O=C(O)CNC(=O)c1c(O)c2ccc(-c3cc(Cl)cc(Cl)c3)cc2sc1=O. The van der Waals surface area contributed by atoms with E-state index in [9.17, 15) is 19.5 Å². The molecular formula is C18H11Cl2NO5S. The Balaban J connectivity index is 2.09. The summed E-state index contributed by atoms with van der Waals surface area (Å²) < 4.78 is -0.218. The van der Waals surface area contributed by atoms with Crippen molar-refractivity contribution in [3.63, 3.8) is 0 Å². The summed E-state index contributed by atoms with van der Waals surface area (Å²) in [6.07, 6.45) is 0. The Morgan fingerprint density at radius 3 is 2.33 bits per heavy atom. The number of carboxylic acids is 1. The molecule has 0 saturated heterocycles. The molecule has 0 bridgehead atoms. The van der Waals surface area contributed by atoms with Gasteiger partial charge in [-0.05, 0) is 41.5 Å². The quantitative estimate of drug-likeness (QED) is 0.592. The second kappa shape index (κ2) is 7.56. The lowest BCUT2D eigenvalue weighted by molar-refractivity contribution is -0.135. The van der Waals surface area contributed by atoms with Crippen molar-refractivity contribution in [1.29, 1.82) is 0 Å². The summed E-state index contributed by atoms with van der Waals surface area (Å²) in [5.41, 5.74) is 0.981. The first-order valence-electron chi connectivity index (χ1n) is 7.52. The van der Waals surface area contributed by atoms with Crippen LogP contribution in [0.25, 0.3) is 21.2 Å². The molecule has 138 valence electrons. The summed E-state index contributed by atoms with van der Waals surface area (Å²) in [4.78, 5) is 34.9. The van der Waals surface area contributed by atoms with Gasteiger partial charge in [-0.2, -0.15) is 0 Å². The molecule has 27 heavy (non-hydrogen) atoms. The highest BCUT2D eigenvalue weighted by Gasteiger charge is 2.20. The first-order chi connectivity index (χ1) is 12.8. The number of aliphatic carboxylic acids is 1. The van der Waals surface area contributed by atoms with Gasteiger partial charge in [-0.3, -0.25) is 14.4 Å². The predicted molar refractivity (Wildman–Crippen MR) is 105 cm³/mol. The van der Waals surface area contributed by atoms with Gasteiger partial charge in [0, 0.05) is 20.1 Å². The van der Waals surface area contributed by atoms with E-state index in [2.05, 4.69) is 5.32 Å². The van der Waals surface area contributed by atoms with Crippen LogP contribution in [0.2, 0.25) is 10.0 Å². The minimum absolute atomic E-state index is 0.303. The minimum Gasteiger partial charge on any atom is -0.506 e. The van der Waals surface area contributed by atoms with Gasteiger partial charge >= 0.3 is 5.97 Å². The van der Waals surface area contributed by atoms with Crippen LogP contribution in [0.1, 0.15) is 10.4 Å². The van der Waals surface area contributed by atoms with Crippen molar-refractivity contribution in [3.05, 3.63) is 61.5 Å². The topological polar surface area (TPSA) is 104 Å². The lowest BCUT2D eigenvalue weighted by Gasteiger charge is -2.09. The van der Waals surface area contributed by atoms with Crippen LogP contribution in [0.15, 0.2) is 41.2 Å². The number of hydrogen-bond acceptors (Lipinski definition) is 5.